The van der Waals surface area contributed by atoms with Crippen LogP contribution in [0.15, 0.2) is 0 Å². The third-order valence-electron chi connectivity index (χ3n) is 1.56. The highest BCUT2D eigenvalue weighted by atomic mass is 16.7. The van der Waals surface area contributed by atoms with Gasteiger partial charge in [-0.3, -0.25) is 0 Å². The maximum Gasteiger partial charge on any atom is 0.158 e. The molecule has 0 amide bonds. The summed E-state index contributed by atoms with van der Waals surface area (Å²) in [5.41, 5.74) is 0. The Morgan fingerprint density at radius 1 is 1.30 bits per heavy atom. The molecule has 62 valence electrons. The molecule has 0 aromatic heterocycles. The van der Waals surface area contributed by atoms with Gasteiger partial charge in [-0.25, -0.2) is 0 Å². The van der Waals surface area contributed by atoms with Crippen molar-refractivity contribution in [3.63, 3.8) is 0 Å². The maximum absolute atomic E-state index is 5.01. The number of rotatable bonds is 5. The highest BCUT2D eigenvalue weighted by molar-refractivity contribution is 4.58. The molecule has 0 radical (unpaired) electrons. The third kappa shape index (κ3) is 3.82. The van der Waals surface area contributed by atoms with E-state index in [9.17, 15) is 0 Å². The molecular weight excluding hydrogens is 130 g/mol. The quantitative estimate of drug-likeness (QED) is 0.578. The van der Waals surface area contributed by atoms with E-state index in [2.05, 4.69) is 12.2 Å². The van der Waals surface area contributed by atoms with Gasteiger partial charge in [0.15, 0.2) is 6.29 Å². The van der Waals surface area contributed by atoms with Crippen LogP contribution in [-0.4, -0.2) is 33.6 Å². The van der Waals surface area contributed by atoms with Gasteiger partial charge in [-0.15, -0.1) is 0 Å². The molecule has 0 saturated heterocycles. The molecule has 1 atom stereocenters. The third-order valence-corrected chi connectivity index (χ3v) is 1.56. The van der Waals surface area contributed by atoms with Crippen molar-refractivity contribution in [2.24, 2.45) is 0 Å². The molecule has 0 saturated carbocycles. The summed E-state index contributed by atoms with van der Waals surface area (Å²) in [4.78, 5) is 0. The lowest BCUT2D eigenvalue weighted by molar-refractivity contribution is -0.109. The largest absolute Gasteiger partial charge is 0.356 e. The minimum Gasteiger partial charge on any atom is -0.356 e. The summed E-state index contributed by atoms with van der Waals surface area (Å²) in [6.07, 6.45) is 0.797. The van der Waals surface area contributed by atoms with E-state index in [1.165, 1.54) is 0 Å². The molecule has 10 heavy (non-hydrogen) atoms. The first-order valence-corrected chi connectivity index (χ1v) is 3.47. The van der Waals surface area contributed by atoms with Crippen molar-refractivity contribution in [3.8, 4) is 0 Å². The smallest absolute Gasteiger partial charge is 0.158 e. The molecule has 0 heterocycles. The van der Waals surface area contributed by atoms with Gasteiger partial charge in [0.05, 0.1) is 0 Å². The van der Waals surface area contributed by atoms with Crippen molar-refractivity contribution < 1.29 is 9.47 Å². The Hall–Kier alpha value is -0.120. The first kappa shape index (κ1) is 9.88. The average molecular weight is 147 g/mol. The Labute approximate surface area is 62.7 Å². The minimum absolute atomic E-state index is 0.0811. The van der Waals surface area contributed by atoms with Gasteiger partial charge in [-0.2, -0.15) is 0 Å². The number of methoxy groups -OCH3 is 2. The molecule has 0 aromatic carbocycles. The number of ether oxygens (including phenoxy) is 2. The molecule has 0 aliphatic rings. The number of nitrogens with one attached hydrogen (secondary N) is 1. The molecule has 0 rings (SSSR count). The molecule has 0 aliphatic carbocycles. The summed E-state index contributed by atoms with van der Waals surface area (Å²) >= 11 is 0. The van der Waals surface area contributed by atoms with Crippen LogP contribution in [0, 0.1) is 0 Å². The molecule has 0 bridgehead atoms. The highest BCUT2D eigenvalue weighted by Crippen LogP contribution is 2.00. The van der Waals surface area contributed by atoms with Gasteiger partial charge in [-0.05, 0) is 14.0 Å². The summed E-state index contributed by atoms with van der Waals surface area (Å²) in [7, 11) is 5.22. The minimum atomic E-state index is -0.0811. The fraction of sp³-hybridized carbons (Fsp3) is 1.00. The zero-order valence-electron chi connectivity index (χ0n) is 7.18. The molecular formula is C7H17NO2. The van der Waals surface area contributed by atoms with Crippen molar-refractivity contribution in [1.82, 2.24) is 5.32 Å². The summed E-state index contributed by atoms with van der Waals surface area (Å²) in [5, 5.41) is 3.10. The molecule has 0 spiro atoms. The summed E-state index contributed by atoms with van der Waals surface area (Å²) in [6, 6.07) is 0.435. The molecule has 0 aromatic rings. The SMILES string of the molecule is CNC(C)CC(OC)OC. The van der Waals surface area contributed by atoms with E-state index in [-0.39, 0.29) is 6.29 Å². The predicted octanol–water partition coefficient (Wildman–Crippen LogP) is 0.603. The van der Waals surface area contributed by atoms with Crippen LogP contribution >= 0.6 is 0 Å². The Morgan fingerprint density at radius 3 is 2.10 bits per heavy atom. The summed E-state index contributed by atoms with van der Waals surface area (Å²) in [6.45, 7) is 2.09. The van der Waals surface area contributed by atoms with E-state index in [0.29, 0.717) is 6.04 Å². The zero-order valence-corrected chi connectivity index (χ0v) is 7.18. The lowest BCUT2D eigenvalue weighted by Gasteiger charge is -2.17. The van der Waals surface area contributed by atoms with Crippen LogP contribution in [0.1, 0.15) is 13.3 Å². The van der Waals surface area contributed by atoms with Crippen LogP contribution in [0.2, 0.25) is 0 Å². The van der Waals surface area contributed by atoms with Gasteiger partial charge in [0, 0.05) is 26.7 Å². The molecule has 1 unspecified atom stereocenters. The maximum atomic E-state index is 5.01. The number of hydrogen-bond acceptors (Lipinski definition) is 3. The van der Waals surface area contributed by atoms with E-state index < -0.39 is 0 Å². The highest BCUT2D eigenvalue weighted by Gasteiger charge is 2.08. The van der Waals surface area contributed by atoms with Crippen LogP contribution < -0.4 is 5.32 Å². The lowest BCUT2D eigenvalue weighted by Crippen LogP contribution is -2.28. The van der Waals surface area contributed by atoms with Gasteiger partial charge in [0.25, 0.3) is 0 Å². The van der Waals surface area contributed by atoms with Crippen molar-refractivity contribution in [1.29, 1.82) is 0 Å². The van der Waals surface area contributed by atoms with Gasteiger partial charge in [0.1, 0.15) is 0 Å². The summed E-state index contributed by atoms with van der Waals surface area (Å²) in [5.74, 6) is 0. The number of hydrogen-bond donors (Lipinski definition) is 1. The van der Waals surface area contributed by atoms with Crippen LogP contribution in [0.5, 0.6) is 0 Å². The van der Waals surface area contributed by atoms with Gasteiger partial charge >= 0.3 is 0 Å². The van der Waals surface area contributed by atoms with Crippen molar-refractivity contribution in [2.45, 2.75) is 25.7 Å². The molecule has 0 aliphatic heterocycles. The second kappa shape index (κ2) is 5.65. The lowest BCUT2D eigenvalue weighted by atomic mass is 10.2. The zero-order chi connectivity index (χ0) is 7.98. The van der Waals surface area contributed by atoms with E-state index in [4.69, 9.17) is 9.47 Å². The normalized spacial score (nSPS) is 14.1. The van der Waals surface area contributed by atoms with E-state index in [0.717, 1.165) is 6.42 Å². The Morgan fingerprint density at radius 2 is 1.80 bits per heavy atom. The van der Waals surface area contributed by atoms with E-state index in [1.54, 1.807) is 14.2 Å². The van der Waals surface area contributed by atoms with Crippen molar-refractivity contribution in [3.05, 3.63) is 0 Å². The average Bonchev–Trinajstić information content (AvgIpc) is 1.99. The van der Waals surface area contributed by atoms with E-state index >= 15 is 0 Å². The first-order valence-electron chi connectivity index (χ1n) is 3.47. The first-order chi connectivity index (χ1) is 4.74. The van der Waals surface area contributed by atoms with Crippen molar-refractivity contribution in [2.75, 3.05) is 21.3 Å². The second-order valence-corrected chi connectivity index (χ2v) is 2.33. The van der Waals surface area contributed by atoms with Gasteiger partial charge in [0.2, 0.25) is 0 Å². The summed E-state index contributed by atoms with van der Waals surface area (Å²) < 4.78 is 10.0. The van der Waals surface area contributed by atoms with E-state index in [1.807, 2.05) is 7.05 Å². The van der Waals surface area contributed by atoms with Gasteiger partial charge in [-0.1, -0.05) is 0 Å². The predicted molar refractivity (Wildman–Crippen MR) is 40.9 cm³/mol. The Kier molecular flexibility index (Phi) is 5.58. The molecule has 3 heteroatoms. The molecule has 1 N–H and O–H groups in total. The molecule has 3 nitrogen and oxygen atoms in total. The standard InChI is InChI=1S/C7H17NO2/c1-6(8-2)5-7(9-3)10-4/h6-8H,5H2,1-4H3. The van der Waals surface area contributed by atoms with Crippen LogP contribution in [-0.2, 0) is 9.47 Å². The van der Waals surface area contributed by atoms with Crippen molar-refractivity contribution >= 4 is 0 Å². The van der Waals surface area contributed by atoms with Crippen LogP contribution in [0.25, 0.3) is 0 Å². The van der Waals surface area contributed by atoms with Crippen LogP contribution in [0.3, 0.4) is 0 Å². The fourth-order valence-corrected chi connectivity index (χ4v) is 0.695. The van der Waals surface area contributed by atoms with Gasteiger partial charge < -0.3 is 14.8 Å². The monoisotopic (exact) mass is 147 g/mol. The molecule has 0 fully saturated rings. The second-order valence-electron chi connectivity index (χ2n) is 2.33. The van der Waals surface area contributed by atoms with Crippen LogP contribution in [0.4, 0.5) is 0 Å². The fourth-order valence-electron chi connectivity index (χ4n) is 0.695. The Bertz CT molecular complexity index is 74.0. The Balaban J connectivity index is 3.41. The topological polar surface area (TPSA) is 30.5 Å².